The van der Waals surface area contributed by atoms with Crippen molar-refractivity contribution in [3.63, 3.8) is 0 Å². The first-order chi connectivity index (χ1) is 9.90. The zero-order chi connectivity index (χ0) is 16.1. The molecule has 1 atom stereocenters. The predicted molar refractivity (Wildman–Crippen MR) is 88.1 cm³/mol. The van der Waals surface area contributed by atoms with Crippen LogP contribution in [0.4, 0.5) is 0 Å². The molecule has 0 aromatic heterocycles. The van der Waals surface area contributed by atoms with E-state index in [1.807, 2.05) is 0 Å². The molecule has 126 valence electrons. The summed E-state index contributed by atoms with van der Waals surface area (Å²) < 4.78 is 0. The summed E-state index contributed by atoms with van der Waals surface area (Å²) in [7, 11) is 0. The van der Waals surface area contributed by atoms with Crippen LogP contribution in [0.25, 0.3) is 0 Å². The van der Waals surface area contributed by atoms with Gasteiger partial charge in [0.1, 0.15) is 0 Å². The Morgan fingerprint density at radius 3 is 2.00 bits per heavy atom. The van der Waals surface area contributed by atoms with E-state index in [0.29, 0.717) is 5.41 Å². The number of unbranched alkanes of at least 4 members (excludes halogenated alkanes) is 6. The molecule has 1 unspecified atom stereocenters. The quantitative estimate of drug-likeness (QED) is 0.274. The summed E-state index contributed by atoms with van der Waals surface area (Å²) in [5.74, 6) is -0.569. The minimum atomic E-state index is -0.445. The van der Waals surface area contributed by atoms with E-state index in [0.717, 1.165) is 32.1 Å². The lowest BCUT2D eigenvalue weighted by Gasteiger charge is -2.18. The lowest BCUT2D eigenvalue weighted by atomic mass is 9.87. The fraction of sp³-hybridized carbons (Fsp3) is 0.944. The highest BCUT2D eigenvalue weighted by Crippen LogP contribution is 2.25. The van der Waals surface area contributed by atoms with Crippen LogP contribution >= 0.6 is 0 Å². The van der Waals surface area contributed by atoms with Gasteiger partial charge in [-0.25, -0.2) is 4.79 Å². The van der Waals surface area contributed by atoms with E-state index >= 15 is 0 Å². The molecule has 3 heteroatoms. The van der Waals surface area contributed by atoms with Crippen molar-refractivity contribution in [2.45, 2.75) is 98.3 Å². The Hall–Kier alpha value is -0.570. The van der Waals surface area contributed by atoms with Gasteiger partial charge in [0.2, 0.25) is 0 Å². The zero-order valence-electron chi connectivity index (χ0n) is 14.6. The summed E-state index contributed by atoms with van der Waals surface area (Å²) in [5.41, 5.74) is 0.353. The van der Waals surface area contributed by atoms with Crippen LogP contribution in [0.15, 0.2) is 0 Å². The van der Waals surface area contributed by atoms with Crippen molar-refractivity contribution in [2.24, 2.45) is 11.3 Å². The third-order valence-electron chi connectivity index (χ3n) is 4.06. The molecule has 0 rings (SSSR count). The van der Waals surface area contributed by atoms with Crippen molar-refractivity contribution < 1.29 is 14.9 Å². The number of carbonyl (C=O) groups is 1. The van der Waals surface area contributed by atoms with Crippen LogP contribution < -0.4 is 0 Å². The number of carbonyl (C=O) groups excluding carboxylic acids is 1. The van der Waals surface area contributed by atoms with E-state index in [2.05, 4.69) is 32.6 Å². The molecule has 0 aromatic rings. The molecule has 0 spiro atoms. The first kappa shape index (κ1) is 20.4. The van der Waals surface area contributed by atoms with Gasteiger partial charge in [-0.2, -0.15) is 5.26 Å². The number of rotatable bonds is 12. The monoisotopic (exact) mass is 300 g/mol. The van der Waals surface area contributed by atoms with E-state index in [4.69, 9.17) is 5.26 Å². The Morgan fingerprint density at radius 1 is 0.952 bits per heavy atom. The van der Waals surface area contributed by atoms with E-state index in [-0.39, 0.29) is 5.92 Å². The molecule has 0 saturated carbocycles. The molecule has 0 radical (unpaired) electrons. The summed E-state index contributed by atoms with van der Waals surface area (Å²) in [6, 6.07) is 0. The highest BCUT2D eigenvalue weighted by atomic mass is 17.1. The van der Waals surface area contributed by atoms with E-state index in [1.165, 1.54) is 38.5 Å². The van der Waals surface area contributed by atoms with Gasteiger partial charge in [-0.15, -0.1) is 0 Å². The number of hydrogen-bond donors (Lipinski definition) is 1. The zero-order valence-corrected chi connectivity index (χ0v) is 14.6. The fourth-order valence-corrected chi connectivity index (χ4v) is 2.67. The average molecular weight is 300 g/mol. The molecular formula is C18H36O3. The second-order valence-electron chi connectivity index (χ2n) is 7.47. The van der Waals surface area contributed by atoms with Crippen molar-refractivity contribution in [1.82, 2.24) is 0 Å². The van der Waals surface area contributed by atoms with Crippen molar-refractivity contribution >= 4 is 5.97 Å². The molecule has 0 aliphatic rings. The maximum Gasteiger partial charge on any atom is 0.345 e. The molecule has 3 nitrogen and oxygen atoms in total. The van der Waals surface area contributed by atoms with Crippen molar-refractivity contribution in [3.05, 3.63) is 0 Å². The molecule has 21 heavy (non-hydrogen) atoms. The van der Waals surface area contributed by atoms with Gasteiger partial charge in [0, 0.05) is 0 Å². The molecule has 0 aromatic carbocycles. The molecule has 0 heterocycles. The Balaban J connectivity index is 3.85. The lowest BCUT2D eigenvalue weighted by Crippen LogP contribution is -2.17. The van der Waals surface area contributed by atoms with Gasteiger partial charge >= 0.3 is 5.97 Å². The Labute approximate surface area is 131 Å². The Bertz CT molecular complexity index is 256. The highest BCUT2D eigenvalue weighted by molar-refractivity contribution is 5.71. The Kier molecular flexibility index (Phi) is 11.7. The SMILES string of the molecule is CCCCCCCCC(CCCCC(C)(C)C)C(=O)OO. The van der Waals surface area contributed by atoms with Crippen LogP contribution in [-0.2, 0) is 9.68 Å². The standard InChI is InChI=1S/C18H36O3/c1-5-6-7-8-9-10-13-16(17(19)21-20)14-11-12-15-18(2,3)4/h16,20H,5-15H2,1-4H3. The van der Waals surface area contributed by atoms with Crippen LogP contribution in [-0.4, -0.2) is 11.2 Å². The molecule has 0 fully saturated rings. The molecule has 0 bridgehead atoms. The normalized spacial score (nSPS) is 13.2. The second-order valence-corrected chi connectivity index (χ2v) is 7.47. The topological polar surface area (TPSA) is 46.5 Å². The fourth-order valence-electron chi connectivity index (χ4n) is 2.67. The first-order valence-electron chi connectivity index (χ1n) is 8.76. The van der Waals surface area contributed by atoms with Crippen LogP contribution in [0, 0.1) is 11.3 Å². The summed E-state index contributed by atoms with van der Waals surface area (Å²) in [5, 5.41) is 8.61. The van der Waals surface area contributed by atoms with E-state index < -0.39 is 5.97 Å². The van der Waals surface area contributed by atoms with Gasteiger partial charge in [0.05, 0.1) is 5.92 Å². The van der Waals surface area contributed by atoms with Crippen LogP contribution in [0.2, 0.25) is 0 Å². The van der Waals surface area contributed by atoms with Gasteiger partial charge in [0.25, 0.3) is 0 Å². The van der Waals surface area contributed by atoms with Crippen molar-refractivity contribution in [3.8, 4) is 0 Å². The van der Waals surface area contributed by atoms with Crippen LogP contribution in [0.1, 0.15) is 98.3 Å². The van der Waals surface area contributed by atoms with Crippen molar-refractivity contribution in [2.75, 3.05) is 0 Å². The van der Waals surface area contributed by atoms with Crippen LogP contribution in [0.5, 0.6) is 0 Å². The third kappa shape index (κ3) is 12.9. The average Bonchev–Trinajstić information content (AvgIpc) is 2.42. The predicted octanol–water partition coefficient (Wildman–Crippen LogP) is 5.98. The molecule has 0 aliphatic carbocycles. The minimum Gasteiger partial charge on any atom is -0.301 e. The van der Waals surface area contributed by atoms with Gasteiger partial charge < -0.3 is 4.89 Å². The molecular weight excluding hydrogens is 264 g/mol. The minimum absolute atomic E-state index is 0.124. The third-order valence-corrected chi connectivity index (χ3v) is 4.06. The van der Waals surface area contributed by atoms with Gasteiger partial charge in [0.15, 0.2) is 0 Å². The maximum atomic E-state index is 11.6. The summed E-state index contributed by atoms with van der Waals surface area (Å²) in [6.07, 6.45) is 12.4. The summed E-state index contributed by atoms with van der Waals surface area (Å²) in [4.78, 5) is 15.6. The van der Waals surface area contributed by atoms with Crippen molar-refractivity contribution in [1.29, 1.82) is 0 Å². The van der Waals surface area contributed by atoms with E-state index in [9.17, 15) is 4.79 Å². The molecule has 1 N–H and O–H groups in total. The van der Waals surface area contributed by atoms with Gasteiger partial charge in [-0.3, -0.25) is 0 Å². The van der Waals surface area contributed by atoms with E-state index in [1.54, 1.807) is 0 Å². The first-order valence-corrected chi connectivity index (χ1v) is 8.76. The second kappa shape index (κ2) is 12.0. The van der Waals surface area contributed by atoms with Crippen LogP contribution in [0.3, 0.4) is 0 Å². The maximum absolute atomic E-state index is 11.6. The summed E-state index contributed by atoms with van der Waals surface area (Å²) >= 11 is 0. The van der Waals surface area contributed by atoms with Gasteiger partial charge in [-0.1, -0.05) is 79.1 Å². The summed E-state index contributed by atoms with van der Waals surface area (Å²) in [6.45, 7) is 8.93. The van der Waals surface area contributed by atoms with Gasteiger partial charge in [-0.05, 0) is 24.7 Å². The number of hydrogen-bond acceptors (Lipinski definition) is 3. The lowest BCUT2D eigenvalue weighted by molar-refractivity contribution is -0.239. The highest BCUT2D eigenvalue weighted by Gasteiger charge is 2.20. The largest absolute Gasteiger partial charge is 0.345 e. The smallest absolute Gasteiger partial charge is 0.301 e. The molecule has 0 aliphatic heterocycles. The Morgan fingerprint density at radius 2 is 1.48 bits per heavy atom. The molecule has 0 amide bonds. The molecule has 0 saturated heterocycles.